The van der Waals surface area contributed by atoms with Crippen LogP contribution in [-0.4, -0.2) is 15.0 Å². The summed E-state index contributed by atoms with van der Waals surface area (Å²) in [5.41, 5.74) is 2.87. The second kappa shape index (κ2) is 5.77. The van der Waals surface area contributed by atoms with E-state index in [1.54, 1.807) is 12.4 Å². The molecule has 3 aromatic heterocycles. The Kier molecular flexibility index (Phi) is 3.84. The minimum atomic E-state index is 0.232. The van der Waals surface area contributed by atoms with Crippen LogP contribution in [-0.2, 0) is 6.42 Å². The first-order valence-electron chi connectivity index (χ1n) is 7.11. The summed E-state index contributed by atoms with van der Waals surface area (Å²) in [6.45, 7) is 6.53. The Bertz CT molecular complexity index is 766. The molecule has 0 aliphatic carbocycles. The number of aryl methyl sites for hydroxylation is 2. The molecule has 0 aliphatic heterocycles. The molecule has 0 bridgehead atoms. The van der Waals surface area contributed by atoms with Crippen LogP contribution in [0, 0.1) is 6.92 Å². The quantitative estimate of drug-likeness (QED) is 0.787. The van der Waals surface area contributed by atoms with Gasteiger partial charge in [0.2, 0.25) is 0 Å². The van der Waals surface area contributed by atoms with E-state index in [-0.39, 0.29) is 6.04 Å². The largest absolute Gasteiger partial charge is 0.363 e. The van der Waals surface area contributed by atoms with Gasteiger partial charge in [0.15, 0.2) is 5.65 Å². The summed E-state index contributed by atoms with van der Waals surface area (Å²) in [7, 11) is 0. The maximum Gasteiger partial charge on any atom is 0.180 e. The van der Waals surface area contributed by atoms with Crippen molar-refractivity contribution in [2.75, 3.05) is 5.32 Å². The number of pyridine rings is 1. The van der Waals surface area contributed by atoms with Crippen molar-refractivity contribution >= 4 is 28.3 Å². The van der Waals surface area contributed by atoms with Crippen LogP contribution in [0.15, 0.2) is 30.6 Å². The molecule has 4 nitrogen and oxygen atoms in total. The SMILES string of the molecule is CCc1sc(C(C)Nc2ccc3nccnc3n2)cc1C. The Labute approximate surface area is 128 Å². The maximum atomic E-state index is 4.51. The van der Waals surface area contributed by atoms with Crippen molar-refractivity contribution in [1.82, 2.24) is 15.0 Å². The minimum Gasteiger partial charge on any atom is -0.363 e. The van der Waals surface area contributed by atoms with E-state index in [0.29, 0.717) is 5.65 Å². The number of aromatic nitrogens is 3. The van der Waals surface area contributed by atoms with E-state index >= 15 is 0 Å². The number of rotatable bonds is 4. The monoisotopic (exact) mass is 298 g/mol. The van der Waals surface area contributed by atoms with E-state index in [1.165, 1.54) is 15.3 Å². The third-order valence-corrected chi connectivity index (χ3v) is 5.05. The highest BCUT2D eigenvalue weighted by atomic mass is 32.1. The highest BCUT2D eigenvalue weighted by molar-refractivity contribution is 7.12. The Hall–Kier alpha value is -2.01. The summed E-state index contributed by atoms with van der Waals surface area (Å²) in [4.78, 5) is 15.8. The molecule has 0 spiro atoms. The number of fused-ring (bicyclic) bond motifs is 1. The maximum absolute atomic E-state index is 4.51. The average Bonchev–Trinajstić information content (AvgIpc) is 2.88. The fraction of sp³-hybridized carbons (Fsp3) is 0.312. The third kappa shape index (κ3) is 2.88. The summed E-state index contributed by atoms with van der Waals surface area (Å²) in [5, 5.41) is 3.45. The van der Waals surface area contributed by atoms with Gasteiger partial charge in [-0.05, 0) is 44.0 Å². The molecule has 3 rings (SSSR count). The number of thiophene rings is 1. The first-order valence-corrected chi connectivity index (χ1v) is 7.92. The molecular weight excluding hydrogens is 280 g/mol. The van der Waals surface area contributed by atoms with Crippen LogP contribution in [0.1, 0.15) is 35.2 Å². The van der Waals surface area contributed by atoms with E-state index in [1.807, 2.05) is 23.5 Å². The Balaban J connectivity index is 1.83. The van der Waals surface area contributed by atoms with Gasteiger partial charge in [-0.3, -0.25) is 4.98 Å². The second-order valence-corrected chi connectivity index (χ2v) is 6.24. The molecule has 21 heavy (non-hydrogen) atoms. The number of hydrogen-bond donors (Lipinski definition) is 1. The lowest BCUT2D eigenvalue weighted by atomic mass is 10.2. The van der Waals surface area contributed by atoms with Gasteiger partial charge in [-0.15, -0.1) is 11.3 Å². The zero-order chi connectivity index (χ0) is 14.8. The van der Waals surface area contributed by atoms with Gasteiger partial charge in [0.1, 0.15) is 11.3 Å². The molecule has 3 heterocycles. The normalized spacial score (nSPS) is 12.5. The molecule has 1 N–H and O–H groups in total. The summed E-state index contributed by atoms with van der Waals surface area (Å²) >= 11 is 1.87. The lowest BCUT2D eigenvalue weighted by molar-refractivity contribution is 0.897. The first-order chi connectivity index (χ1) is 10.2. The second-order valence-electron chi connectivity index (χ2n) is 5.07. The summed E-state index contributed by atoms with van der Waals surface area (Å²) in [6, 6.07) is 6.40. The highest BCUT2D eigenvalue weighted by Crippen LogP contribution is 2.29. The van der Waals surface area contributed by atoms with Crippen LogP contribution < -0.4 is 5.32 Å². The Morgan fingerprint density at radius 1 is 1.24 bits per heavy atom. The molecule has 0 fully saturated rings. The van der Waals surface area contributed by atoms with Gasteiger partial charge in [0.05, 0.1) is 6.04 Å². The van der Waals surface area contributed by atoms with Crippen molar-refractivity contribution < 1.29 is 0 Å². The Morgan fingerprint density at radius 3 is 2.81 bits per heavy atom. The molecule has 108 valence electrons. The average molecular weight is 298 g/mol. The van der Waals surface area contributed by atoms with Crippen LogP contribution in [0.4, 0.5) is 5.82 Å². The van der Waals surface area contributed by atoms with Crippen molar-refractivity contribution in [1.29, 1.82) is 0 Å². The summed E-state index contributed by atoms with van der Waals surface area (Å²) < 4.78 is 0. The zero-order valence-corrected chi connectivity index (χ0v) is 13.2. The van der Waals surface area contributed by atoms with Crippen molar-refractivity contribution in [2.24, 2.45) is 0 Å². The molecule has 0 radical (unpaired) electrons. The number of nitrogens with zero attached hydrogens (tertiary/aromatic N) is 3. The lowest BCUT2D eigenvalue weighted by Crippen LogP contribution is -2.06. The van der Waals surface area contributed by atoms with E-state index in [0.717, 1.165) is 17.8 Å². The molecule has 0 saturated carbocycles. The van der Waals surface area contributed by atoms with Gasteiger partial charge >= 0.3 is 0 Å². The van der Waals surface area contributed by atoms with Gasteiger partial charge in [-0.25, -0.2) is 9.97 Å². The predicted octanol–water partition coefficient (Wildman–Crippen LogP) is 4.13. The molecule has 0 aromatic carbocycles. The van der Waals surface area contributed by atoms with Crippen LogP contribution in [0.25, 0.3) is 11.2 Å². The van der Waals surface area contributed by atoms with E-state index in [2.05, 4.69) is 47.1 Å². The number of nitrogens with one attached hydrogen (secondary N) is 1. The lowest BCUT2D eigenvalue weighted by Gasteiger charge is -2.13. The van der Waals surface area contributed by atoms with Gasteiger partial charge in [0, 0.05) is 22.1 Å². The van der Waals surface area contributed by atoms with Crippen LogP contribution in [0.5, 0.6) is 0 Å². The van der Waals surface area contributed by atoms with E-state index in [4.69, 9.17) is 0 Å². The van der Waals surface area contributed by atoms with E-state index in [9.17, 15) is 0 Å². The third-order valence-electron chi connectivity index (χ3n) is 3.48. The summed E-state index contributed by atoms with van der Waals surface area (Å²) in [6.07, 6.45) is 4.44. The van der Waals surface area contributed by atoms with Gasteiger partial charge in [-0.1, -0.05) is 6.92 Å². The highest BCUT2D eigenvalue weighted by Gasteiger charge is 2.12. The van der Waals surface area contributed by atoms with Gasteiger partial charge < -0.3 is 5.32 Å². The number of anilines is 1. The minimum absolute atomic E-state index is 0.232. The van der Waals surface area contributed by atoms with Gasteiger partial charge in [-0.2, -0.15) is 0 Å². The molecule has 1 unspecified atom stereocenters. The topological polar surface area (TPSA) is 50.7 Å². The molecule has 0 saturated heterocycles. The molecule has 0 amide bonds. The van der Waals surface area contributed by atoms with Crippen molar-refractivity contribution in [2.45, 2.75) is 33.2 Å². The standard InChI is InChI=1S/C16H18N4S/c1-4-13-10(2)9-14(21-13)11(3)19-15-6-5-12-16(20-15)18-8-7-17-12/h5-9,11H,4H2,1-3H3,(H,18,19,20). The first kappa shape index (κ1) is 13.9. The molecule has 1 atom stereocenters. The smallest absolute Gasteiger partial charge is 0.180 e. The van der Waals surface area contributed by atoms with Crippen molar-refractivity contribution in [3.8, 4) is 0 Å². The molecule has 5 heteroatoms. The zero-order valence-electron chi connectivity index (χ0n) is 12.4. The fourth-order valence-electron chi connectivity index (χ4n) is 2.34. The van der Waals surface area contributed by atoms with Crippen LogP contribution >= 0.6 is 11.3 Å². The van der Waals surface area contributed by atoms with Crippen molar-refractivity contribution in [3.05, 3.63) is 45.9 Å². The van der Waals surface area contributed by atoms with Crippen molar-refractivity contribution in [3.63, 3.8) is 0 Å². The van der Waals surface area contributed by atoms with E-state index < -0.39 is 0 Å². The summed E-state index contributed by atoms with van der Waals surface area (Å²) in [5.74, 6) is 0.833. The Morgan fingerprint density at radius 2 is 2.05 bits per heavy atom. The number of hydrogen-bond acceptors (Lipinski definition) is 5. The molecular formula is C16H18N4S. The predicted molar refractivity (Wildman–Crippen MR) is 87.8 cm³/mol. The fourth-order valence-corrected chi connectivity index (χ4v) is 3.46. The van der Waals surface area contributed by atoms with Crippen LogP contribution in [0.2, 0.25) is 0 Å². The van der Waals surface area contributed by atoms with Crippen LogP contribution in [0.3, 0.4) is 0 Å². The molecule has 3 aromatic rings. The molecule has 0 aliphatic rings. The van der Waals surface area contributed by atoms with Gasteiger partial charge in [0.25, 0.3) is 0 Å².